The first kappa shape index (κ1) is 22.2. The number of aliphatic hydroxyl groups excluding tert-OH is 2. The minimum atomic E-state index is -0.949. The molecule has 0 bridgehead atoms. The molecule has 1 atom stereocenters. The summed E-state index contributed by atoms with van der Waals surface area (Å²) in [5.41, 5.74) is 2.36. The minimum absolute atomic E-state index is 0. The molecule has 7 nitrogen and oxygen atoms in total. The van der Waals surface area contributed by atoms with Gasteiger partial charge in [-0.25, -0.2) is 4.79 Å². The average molecular weight is 387 g/mol. The van der Waals surface area contributed by atoms with Gasteiger partial charge in [-0.05, 0) is 40.1 Å². The Morgan fingerprint density at radius 3 is 2.54 bits per heavy atom. The molecule has 0 aliphatic heterocycles. The third kappa shape index (κ3) is 4.29. The maximum Gasteiger partial charge on any atom is 0.340 e. The molecule has 0 aliphatic carbocycles. The van der Waals surface area contributed by atoms with Gasteiger partial charge in [0.1, 0.15) is 5.75 Å². The number of aliphatic hydroxyl groups is 2. The van der Waals surface area contributed by atoms with Gasteiger partial charge in [-0.2, -0.15) is 0 Å². The quantitative estimate of drug-likeness (QED) is 0.626. The number of phenols is 1. The number of hydrogen-bond donors (Lipinski definition) is 3. The highest BCUT2D eigenvalue weighted by molar-refractivity contribution is 6.08. The Kier molecular flexibility index (Phi) is 7.89. The molecule has 3 N–H and O–H groups in total. The third-order valence-electron chi connectivity index (χ3n) is 4.13. The molecule has 2 aromatic rings. The number of carbonyl (C=O) groups is 1. The van der Waals surface area contributed by atoms with Crippen LogP contribution in [0.25, 0.3) is 10.9 Å². The van der Waals surface area contributed by atoms with Crippen LogP contribution in [0.1, 0.15) is 28.5 Å². The van der Waals surface area contributed by atoms with Crippen molar-refractivity contribution < 1.29 is 24.9 Å². The topological polar surface area (TPSA) is 95.2 Å². The van der Waals surface area contributed by atoms with Crippen molar-refractivity contribution in [1.82, 2.24) is 9.47 Å². The van der Waals surface area contributed by atoms with Gasteiger partial charge in [0.05, 0.1) is 31.4 Å². The Balaban J connectivity index is 0.00000338. The number of ether oxygens (including phenoxy) is 1. The number of aromatic nitrogens is 1. The van der Waals surface area contributed by atoms with Crippen LogP contribution in [0.4, 0.5) is 0 Å². The number of phenolic OH excluding ortho intramolecular Hbond substituents is 1. The predicted octanol–water partition coefficient (Wildman–Crippen LogP) is 1.67. The second-order valence-electron chi connectivity index (χ2n) is 6.32. The summed E-state index contributed by atoms with van der Waals surface area (Å²) in [6.07, 6.45) is -0.949. The van der Waals surface area contributed by atoms with Crippen molar-refractivity contribution in [2.75, 3.05) is 27.3 Å². The zero-order valence-corrected chi connectivity index (χ0v) is 16.3. The molecule has 1 aromatic carbocycles. The first-order valence-corrected chi connectivity index (χ1v) is 8.26. The van der Waals surface area contributed by atoms with Crippen LogP contribution in [0.15, 0.2) is 12.1 Å². The van der Waals surface area contributed by atoms with Crippen LogP contribution in [-0.4, -0.2) is 64.2 Å². The molecular weight excluding hydrogens is 360 g/mol. The zero-order chi connectivity index (χ0) is 18.7. The fourth-order valence-corrected chi connectivity index (χ4v) is 3.06. The van der Waals surface area contributed by atoms with E-state index >= 15 is 0 Å². The van der Waals surface area contributed by atoms with Crippen molar-refractivity contribution in [2.24, 2.45) is 0 Å². The first-order valence-electron chi connectivity index (χ1n) is 8.26. The molecule has 146 valence electrons. The fraction of sp³-hybridized carbons (Fsp3) is 0.500. The monoisotopic (exact) mass is 386 g/mol. The van der Waals surface area contributed by atoms with Crippen LogP contribution >= 0.6 is 12.4 Å². The van der Waals surface area contributed by atoms with E-state index in [2.05, 4.69) is 0 Å². The molecule has 8 heteroatoms. The number of esters is 1. The van der Waals surface area contributed by atoms with Gasteiger partial charge in [-0.1, -0.05) is 0 Å². The number of benzene rings is 1. The summed E-state index contributed by atoms with van der Waals surface area (Å²) in [6, 6.07) is 3.29. The van der Waals surface area contributed by atoms with Gasteiger partial charge in [0.25, 0.3) is 0 Å². The van der Waals surface area contributed by atoms with Gasteiger partial charge in [0.2, 0.25) is 0 Å². The molecule has 26 heavy (non-hydrogen) atoms. The summed E-state index contributed by atoms with van der Waals surface area (Å²) >= 11 is 0. The Labute approximate surface area is 159 Å². The summed E-state index contributed by atoms with van der Waals surface area (Å²) in [6.45, 7) is 3.96. The Morgan fingerprint density at radius 1 is 1.35 bits per heavy atom. The highest BCUT2D eigenvalue weighted by Gasteiger charge is 2.25. The molecule has 1 heterocycles. The summed E-state index contributed by atoms with van der Waals surface area (Å²) in [5.74, 6) is -0.362. The third-order valence-corrected chi connectivity index (χ3v) is 4.13. The van der Waals surface area contributed by atoms with Crippen LogP contribution in [0.3, 0.4) is 0 Å². The SMILES string of the molecule is CCOC(=O)c1c(C)n(CC(O)CO)c2ccc(O)c(CN(C)C)c12.Cl. The number of carbonyl (C=O) groups excluding carboxylic acids is 1. The predicted molar refractivity (Wildman–Crippen MR) is 102 cm³/mol. The van der Waals surface area contributed by atoms with E-state index in [4.69, 9.17) is 4.74 Å². The first-order chi connectivity index (χ1) is 11.8. The number of aromatic hydroxyl groups is 1. The molecule has 2 rings (SSSR count). The van der Waals surface area contributed by atoms with Crippen molar-refractivity contribution in [1.29, 1.82) is 0 Å². The van der Waals surface area contributed by atoms with Crippen molar-refractivity contribution in [3.05, 3.63) is 29.0 Å². The van der Waals surface area contributed by atoms with E-state index in [0.717, 1.165) is 0 Å². The number of nitrogens with zero attached hydrogens (tertiary/aromatic N) is 2. The summed E-state index contributed by atoms with van der Waals surface area (Å²) in [5, 5.41) is 30.0. The Bertz CT molecular complexity index is 773. The van der Waals surface area contributed by atoms with Crippen molar-refractivity contribution in [2.45, 2.75) is 33.0 Å². The summed E-state index contributed by atoms with van der Waals surface area (Å²) < 4.78 is 6.98. The normalized spacial score (nSPS) is 12.3. The molecule has 0 spiro atoms. The van der Waals surface area contributed by atoms with Gasteiger partial charge < -0.3 is 29.5 Å². The van der Waals surface area contributed by atoms with E-state index in [1.165, 1.54) is 0 Å². The molecule has 0 amide bonds. The second kappa shape index (κ2) is 9.23. The van der Waals surface area contributed by atoms with Crippen molar-refractivity contribution in [3.63, 3.8) is 0 Å². The molecule has 0 saturated carbocycles. The van der Waals surface area contributed by atoms with Gasteiger partial charge in [0.15, 0.2) is 0 Å². The lowest BCUT2D eigenvalue weighted by molar-refractivity contribution is 0.0526. The van der Waals surface area contributed by atoms with Gasteiger partial charge in [0, 0.05) is 28.7 Å². The Morgan fingerprint density at radius 2 is 2.00 bits per heavy atom. The van der Waals surface area contributed by atoms with E-state index in [-0.39, 0.29) is 37.9 Å². The molecule has 1 aromatic heterocycles. The molecule has 0 aliphatic rings. The standard InChI is InChI=1S/C18H26N2O5.ClH/c1-5-25-18(24)16-11(2)20(8-12(22)10-21)14-6-7-15(23)13(17(14)16)9-19(3)4;/h6-7,12,21-23H,5,8-10H2,1-4H3;1H. The number of fused-ring (bicyclic) bond motifs is 1. The molecular formula is C18H27ClN2O5. The van der Waals surface area contributed by atoms with E-state index in [9.17, 15) is 20.1 Å². The smallest absolute Gasteiger partial charge is 0.340 e. The average Bonchev–Trinajstić information content (AvgIpc) is 2.82. The van der Waals surface area contributed by atoms with Crippen LogP contribution < -0.4 is 0 Å². The van der Waals surface area contributed by atoms with Gasteiger partial charge in [-0.3, -0.25) is 0 Å². The van der Waals surface area contributed by atoms with Crippen LogP contribution in [0, 0.1) is 6.92 Å². The summed E-state index contributed by atoms with van der Waals surface area (Å²) in [4.78, 5) is 14.5. The van der Waals surface area contributed by atoms with Gasteiger partial charge >= 0.3 is 5.97 Å². The number of hydrogen-bond acceptors (Lipinski definition) is 6. The highest BCUT2D eigenvalue weighted by Crippen LogP contribution is 2.35. The largest absolute Gasteiger partial charge is 0.508 e. The highest BCUT2D eigenvalue weighted by atomic mass is 35.5. The van der Waals surface area contributed by atoms with E-state index in [1.807, 2.05) is 19.0 Å². The molecule has 0 radical (unpaired) electrons. The number of halogens is 1. The van der Waals surface area contributed by atoms with Crippen molar-refractivity contribution >= 4 is 29.3 Å². The van der Waals surface area contributed by atoms with E-state index in [0.29, 0.717) is 34.3 Å². The van der Waals surface area contributed by atoms with Crippen LogP contribution in [-0.2, 0) is 17.8 Å². The minimum Gasteiger partial charge on any atom is -0.508 e. The summed E-state index contributed by atoms with van der Waals surface area (Å²) in [7, 11) is 3.75. The van der Waals surface area contributed by atoms with Crippen LogP contribution in [0.2, 0.25) is 0 Å². The Hall–Kier alpha value is -1.80. The van der Waals surface area contributed by atoms with E-state index in [1.54, 1.807) is 30.5 Å². The lowest BCUT2D eigenvalue weighted by Crippen LogP contribution is -2.20. The molecule has 0 saturated heterocycles. The number of rotatable bonds is 7. The lowest BCUT2D eigenvalue weighted by Gasteiger charge is -2.14. The van der Waals surface area contributed by atoms with Crippen molar-refractivity contribution in [3.8, 4) is 5.75 Å². The molecule has 0 fully saturated rings. The maximum atomic E-state index is 12.6. The fourth-order valence-electron chi connectivity index (χ4n) is 3.06. The maximum absolute atomic E-state index is 12.6. The van der Waals surface area contributed by atoms with Gasteiger partial charge in [-0.15, -0.1) is 12.4 Å². The zero-order valence-electron chi connectivity index (χ0n) is 15.5. The molecule has 1 unspecified atom stereocenters. The second-order valence-corrected chi connectivity index (χ2v) is 6.32. The lowest BCUT2D eigenvalue weighted by atomic mass is 10.0. The van der Waals surface area contributed by atoms with E-state index < -0.39 is 12.1 Å². The van der Waals surface area contributed by atoms with Crippen LogP contribution in [0.5, 0.6) is 5.75 Å².